The molecule has 0 aliphatic carbocycles. The lowest BCUT2D eigenvalue weighted by atomic mass is 10.1. The number of hydrogen-bond acceptors (Lipinski definition) is 4. The number of amides is 1. The van der Waals surface area contributed by atoms with Gasteiger partial charge in [0.25, 0.3) is 0 Å². The third-order valence-corrected chi connectivity index (χ3v) is 2.75. The SMILES string of the molecule is COc1cc(-c2cc(NC(=O)CCl)ncn2)ccc1F. The van der Waals surface area contributed by atoms with Crippen molar-refractivity contribution in [2.75, 3.05) is 18.3 Å². The summed E-state index contributed by atoms with van der Waals surface area (Å²) in [5, 5.41) is 2.51. The molecule has 0 atom stereocenters. The normalized spacial score (nSPS) is 10.2. The molecule has 0 radical (unpaired) electrons. The molecule has 0 unspecified atom stereocenters. The van der Waals surface area contributed by atoms with E-state index in [2.05, 4.69) is 15.3 Å². The second-order valence-corrected chi connectivity index (χ2v) is 4.09. The van der Waals surface area contributed by atoms with Crippen molar-refractivity contribution in [3.63, 3.8) is 0 Å². The first-order valence-electron chi connectivity index (χ1n) is 5.66. The van der Waals surface area contributed by atoms with Crippen molar-refractivity contribution in [3.8, 4) is 17.0 Å². The van der Waals surface area contributed by atoms with Gasteiger partial charge in [-0.25, -0.2) is 14.4 Å². The van der Waals surface area contributed by atoms with Crippen LogP contribution in [-0.2, 0) is 4.79 Å². The molecule has 1 aromatic carbocycles. The Bertz CT molecular complexity index is 637. The summed E-state index contributed by atoms with van der Waals surface area (Å²) < 4.78 is 18.3. The van der Waals surface area contributed by atoms with E-state index in [4.69, 9.17) is 16.3 Å². The topological polar surface area (TPSA) is 64.1 Å². The minimum atomic E-state index is -0.457. The van der Waals surface area contributed by atoms with Crippen LogP contribution < -0.4 is 10.1 Å². The van der Waals surface area contributed by atoms with Crippen molar-refractivity contribution >= 4 is 23.3 Å². The summed E-state index contributed by atoms with van der Waals surface area (Å²) in [6, 6.07) is 5.93. The van der Waals surface area contributed by atoms with Crippen LogP contribution in [0.25, 0.3) is 11.3 Å². The maximum Gasteiger partial charge on any atom is 0.240 e. The molecule has 1 heterocycles. The first-order valence-corrected chi connectivity index (χ1v) is 6.19. The van der Waals surface area contributed by atoms with Gasteiger partial charge in [0.05, 0.1) is 12.8 Å². The van der Waals surface area contributed by atoms with Crippen LogP contribution in [0.3, 0.4) is 0 Å². The van der Waals surface area contributed by atoms with Crippen LogP contribution in [0.4, 0.5) is 10.2 Å². The van der Waals surface area contributed by atoms with Crippen molar-refractivity contribution < 1.29 is 13.9 Å². The van der Waals surface area contributed by atoms with Gasteiger partial charge in [-0.3, -0.25) is 4.79 Å². The number of benzene rings is 1. The Morgan fingerprint density at radius 2 is 2.20 bits per heavy atom. The summed E-state index contributed by atoms with van der Waals surface area (Å²) in [6.45, 7) is 0. The van der Waals surface area contributed by atoms with E-state index in [1.165, 1.54) is 25.6 Å². The number of aromatic nitrogens is 2. The van der Waals surface area contributed by atoms with Gasteiger partial charge in [0.15, 0.2) is 11.6 Å². The highest BCUT2D eigenvalue weighted by Gasteiger charge is 2.08. The number of carbonyl (C=O) groups excluding carboxylic acids is 1. The number of nitrogens with one attached hydrogen (secondary N) is 1. The summed E-state index contributed by atoms with van der Waals surface area (Å²) in [7, 11) is 1.38. The molecule has 20 heavy (non-hydrogen) atoms. The molecule has 0 saturated heterocycles. The average Bonchev–Trinajstić information content (AvgIpc) is 2.48. The predicted molar refractivity (Wildman–Crippen MR) is 73.3 cm³/mol. The van der Waals surface area contributed by atoms with Gasteiger partial charge in [-0.05, 0) is 18.2 Å². The van der Waals surface area contributed by atoms with Gasteiger partial charge in [0, 0.05) is 11.6 Å². The molecule has 1 N–H and O–H groups in total. The molecule has 104 valence electrons. The number of carbonyl (C=O) groups is 1. The van der Waals surface area contributed by atoms with Crippen LogP contribution in [0.15, 0.2) is 30.6 Å². The molecule has 5 nitrogen and oxygen atoms in total. The highest BCUT2D eigenvalue weighted by atomic mass is 35.5. The van der Waals surface area contributed by atoms with E-state index in [0.717, 1.165) is 0 Å². The van der Waals surface area contributed by atoms with Crippen LogP contribution in [0.2, 0.25) is 0 Å². The molecule has 1 aromatic heterocycles. The minimum Gasteiger partial charge on any atom is -0.494 e. The summed E-state index contributed by atoms with van der Waals surface area (Å²) in [5.74, 6) is -0.547. The Morgan fingerprint density at radius 1 is 1.40 bits per heavy atom. The smallest absolute Gasteiger partial charge is 0.240 e. The summed E-state index contributed by atoms with van der Waals surface area (Å²) in [4.78, 5) is 19.2. The minimum absolute atomic E-state index is 0.118. The Labute approximate surface area is 119 Å². The molecular weight excluding hydrogens is 285 g/mol. The largest absolute Gasteiger partial charge is 0.494 e. The number of alkyl halides is 1. The lowest BCUT2D eigenvalue weighted by molar-refractivity contribution is -0.113. The standard InChI is InChI=1S/C13H11ClFN3O2/c1-20-11-4-8(2-3-9(11)15)10-5-12(17-7-16-10)18-13(19)6-14/h2-5,7H,6H2,1H3,(H,16,17,18,19). The van der Waals surface area contributed by atoms with Crippen LogP contribution in [0.1, 0.15) is 0 Å². The van der Waals surface area contributed by atoms with E-state index in [1.54, 1.807) is 12.1 Å². The van der Waals surface area contributed by atoms with E-state index in [9.17, 15) is 9.18 Å². The van der Waals surface area contributed by atoms with Crippen LogP contribution >= 0.6 is 11.6 Å². The van der Waals surface area contributed by atoms with Crippen molar-refractivity contribution in [3.05, 3.63) is 36.4 Å². The Hall–Kier alpha value is -2.21. The van der Waals surface area contributed by atoms with Gasteiger partial charge in [0.1, 0.15) is 18.0 Å². The van der Waals surface area contributed by atoms with Gasteiger partial charge in [-0.15, -0.1) is 11.6 Å². The fourth-order valence-electron chi connectivity index (χ4n) is 1.58. The number of hydrogen-bond donors (Lipinski definition) is 1. The van der Waals surface area contributed by atoms with Crippen molar-refractivity contribution in [1.29, 1.82) is 0 Å². The average molecular weight is 296 g/mol. The third kappa shape index (κ3) is 3.21. The molecule has 0 fully saturated rings. The first-order chi connectivity index (χ1) is 9.63. The van der Waals surface area contributed by atoms with Gasteiger partial charge in [0.2, 0.25) is 5.91 Å². The van der Waals surface area contributed by atoms with E-state index >= 15 is 0 Å². The molecule has 0 aliphatic heterocycles. The van der Waals surface area contributed by atoms with E-state index in [0.29, 0.717) is 17.1 Å². The van der Waals surface area contributed by atoms with Crippen molar-refractivity contribution in [1.82, 2.24) is 9.97 Å². The lowest BCUT2D eigenvalue weighted by Crippen LogP contribution is -2.13. The fourth-order valence-corrected chi connectivity index (χ4v) is 1.65. The lowest BCUT2D eigenvalue weighted by Gasteiger charge is -2.07. The Balaban J connectivity index is 2.33. The van der Waals surface area contributed by atoms with Gasteiger partial charge in [-0.1, -0.05) is 0 Å². The summed E-state index contributed by atoms with van der Waals surface area (Å²) in [5.41, 5.74) is 1.18. The number of rotatable bonds is 4. The fraction of sp³-hybridized carbons (Fsp3) is 0.154. The highest BCUT2D eigenvalue weighted by Crippen LogP contribution is 2.25. The zero-order valence-electron chi connectivity index (χ0n) is 10.6. The van der Waals surface area contributed by atoms with Gasteiger partial charge in [-0.2, -0.15) is 0 Å². The first kappa shape index (κ1) is 14.2. The van der Waals surface area contributed by atoms with Gasteiger partial charge >= 0.3 is 0 Å². The Morgan fingerprint density at radius 3 is 2.90 bits per heavy atom. The zero-order valence-corrected chi connectivity index (χ0v) is 11.3. The number of ether oxygens (including phenoxy) is 1. The number of anilines is 1. The van der Waals surface area contributed by atoms with Crippen LogP contribution in [-0.4, -0.2) is 28.9 Å². The maximum absolute atomic E-state index is 13.4. The second-order valence-electron chi connectivity index (χ2n) is 3.82. The number of halogens is 2. The van der Waals surface area contributed by atoms with Crippen LogP contribution in [0.5, 0.6) is 5.75 Å². The molecule has 2 rings (SSSR count). The second kappa shape index (κ2) is 6.29. The predicted octanol–water partition coefficient (Wildman–Crippen LogP) is 2.47. The summed E-state index contributed by atoms with van der Waals surface area (Å²) in [6.07, 6.45) is 1.30. The highest BCUT2D eigenvalue weighted by molar-refractivity contribution is 6.29. The molecule has 2 aromatic rings. The molecule has 0 saturated carbocycles. The van der Waals surface area contributed by atoms with E-state index in [-0.39, 0.29) is 17.5 Å². The van der Waals surface area contributed by atoms with Crippen LogP contribution in [0, 0.1) is 5.82 Å². The number of nitrogens with zero attached hydrogens (tertiary/aromatic N) is 2. The molecule has 1 amide bonds. The van der Waals surface area contributed by atoms with Crippen molar-refractivity contribution in [2.24, 2.45) is 0 Å². The maximum atomic E-state index is 13.4. The molecule has 0 spiro atoms. The molecule has 0 aliphatic rings. The third-order valence-electron chi connectivity index (χ3n) is 2.50. The monoisotopic (exact) mass is 295 g/mol. The van der Waals surface area contributed by atoms with Crippen molar-refractivity contribution in [2.45, 2.75) is 0 Å². The van der Waals surface area contributed by atoms with E-state index in [1.807, 2.05) is 0 Å². The summed E-state index contributed by atoms with van der Waals surface area (Å²) >= 11 is 5.40. The Kier molecular flexibility index (Phi) is 4.47. The van der Waals surface area contributed by atoms with Gasteiger partial charge < -0.3 is 10.1 Å². The molecule has 7 heteroatoms. The number of methoxy groups -OCH3 is 1. The molecule has 0 bridgehead atoms. The molecular formula is C13H11ClFN3O2. The zero-order chi connectivity index (χ0) is 14.5. The quantitative estimate of drug-likeness (QED) is 0.880. The van der Waals surface area contributed by atoms with E-state index < -0.39 is 5.82 Å².